The third-order valence-corrected chi connectivity index (χ3v) is 3.40. The van der Waals surface area contributed by atoms with Crippen molar-refractivity contribution in [3.8, 4) is 5.75 Å². The summed E-state index contributed by atoms with van der Waals surface area (Å²) in [5, 5.41) is 2.26. The van der Waals surface area contributed by atoms with Gasteiger partial charge in [-0.2, -0.15) is 0 Å². The number of hydrogen-bond donors (Lipinski definition) is 1. The maximum Gasteiger partial charge on any atom is 0.123 e. The Bertz CT molecular complexity index is 402. The summed E-state index contributed by atoms with van der Waals surface area (Å²) in [5.41, 5.74) is 1.33. The second-order valence-electron chi connectivity index (χ2n) is 6.42. The van der Waals surface area contributed by atoms with Gasteiger partial charge in [-0.1, -0.05) is 39.0 Å². The number of benzene rings is 1. The van der Waals surface area contributed by atoms with Gasteiger partial charge in [0.2, 0.25) is 0 Å². The first kappa shape index (κ1) is 18.9. The lowest BCUT2D eigenvalue weighted by Gasteiger charge is -2.22. The number of nitrogens with two attached hydrogens (primary N) is 1. The molecule has 0 radical (unpaired) electrons. The molecule has 0 amide bonds. The SMILES string of the molecule is COCCC[NH2+]CCOCCOc1ccccc1C(C)(C)C. The lowest BCUT2D eigenvalue weighted by molar-refractivity contribution is -0.656. The van der Waals surface area contributed by atoms with Gasteiger partial charge in [-0.25, -0.2) is 0 Å². The van der Waals surface area contributed by atoms with Gasteiger partial charge in [0.05, 0.1) is 32.9 Å². The van der Waals surface area contributed by atoms with Crippen LogP contribution in [0.1, 0.15) is 32.8 Å². The molecule has 0 atom stereocenters. The molecule has 0 spiro atoms. The maximum absolute atomic E-state index is 5.87. The molecule has 0 aliphatic carbocycles. The van der Waals surface area contributed by atoms with Gasteiger partial charge in [0, 0.05) is 13.5 Å². The van der Waals surface area contributed by atoms with E-state index in [1.807, 2.05) is 12.1 Å². The summed E-state index contributed by atoms with van der Waals surface area (Å²) in [4.78, 5) is 0. The van der Waals surface area contributed by atoms with Crippen molar-refractivity contribution >= 4 is 0 Å². The van der Waals surface area contributed by atoms with Gasteiger partial charge in [0.25, 0.3) is 0 Å². The monoisotopic (exact) mass is 310 g/mol. The van der Waals surface area contributed by atoms with Crippen LogP contribution in [0.3, 0.4) is 0 Å². The van der Waals surface area contributed by atoms with E-state index in [1.165, 1.54) is 5.56 Å². The molecule has 126 valence electrons. The minimum absolute atomic E-state index is 0.0919. The molecule has 0 aromatic heterocycles. The molecule has 22 heavy (non-hydrogen) atoms. The zero-order valence-corrected chi connectivity index (χ0v) is 14.6. The summed E-state index contributed by atoms with van der Waals surface area (Å²) in [6.07, 6.45) is 1.09. The third-order valence-electron chi connectivity index (χ3n) is 3.40. The predicted octanol–water partition coefficient (Wildman–Crippen LogP) is 1.98. The average molecular weight is 310 g/mol. The second kappa shape index (κ2) is 10.6. The molecule has 0 fully saturated rings. The van der Waals surface area contributed by atoms with Crippen molar-refractivity contribution in [2.24, 2.45) is 0 Å². The Morgan fingerprint density at radius 2 is 1.73 bits per heavy atom. The highest BCUT2D eigenvalue weighted by atomic mass is 16.5. The Balaban J connectivity index is 2.13. The minimum atomic E-state index is 0.0919. The molecule has 0 saturated heterocycles. The van der Waals surface area contributed by atoms with Crippen molar-refractivity contribution in [3.05, 3.63) is 29.8 Å². The minimum Gasteiger partial charge on any atom is -0.491 e. The quantitative estimate of drug-likeness (QED) is 0.636. The molecule has 2 N–H and O–H groups in total. The number of hydrogen-bond acceptors (Lipinski definition) is 3. The van der Waals surface area contributed by atoms with E-state index in [2.05, 4.69) is 38.2 Å². The second-order valence-corrected chi connectivity index (χ2v) is 6.42. The predicted molar refractivity (Wildman–Crippen MR) is 89.6 cm³/mol. The van der Waals surface area contributed by atoms with Crippen LogP contribution in [-0.4, -0.2) is 46.6 Å². The van der Waals surface area contributed by atoms with E-state index in [-0.39, 0.29) is 5.41 Å². The molecule has 4 nitrogen and oxygen atoms in total. The summed E-state index contributed by atoms with van der Waals surface area (Å²) < 4.78 is 16.5. The lowest BCUT2D eigenvalue weighted by atomic mass is 9.86. The van der Waals surface area contributed by atoms with Crippen molar-refractivity contribution in [1.29, 1.82) is 0 Å². The van der Waals surface area contributed by atoms with Crippen LogP contribution in [0.2, 0.25) is 0 Å². The van der Waals surface area contributed by atoms with Gasteiger partial charge in [0.15, 0.2) is 0 Å². The zero-order valence-electron chi connectivity index (χ0n) is 14.6. The standard InChI is InChI=1S/C18H31NO3/c1-18(2,3)16-8-5-6-9-17(16)22-15-14-21-13-11-19-10-7-12-20-4/h5-6,8-9,19H,7,10-15H2,1-4H3/p+1. The van der Waals surface area contributed by atoms with Crippen molar-refractivity contribution in [1.82, 2.24) is 0 Å². The summed E-state index contributed by atoms with van der Waals surface area (Å²) in [6, 6.07) is 8.24. The molecule has 0 bridgehead atoms. The van der Waals surface area contributed by atoms with Crippen LogP contribution in [0.4, 0.5) is 0 Å². The molecule has 0 saturated carbocycles. The summed E-state index contributed by atoms with van der Waals surface area (Å²) >= 11 is 0. The van der Waals surface area contributed by atoms with Crippen molar-refractivity contribution in [2.75, 3.05) is 46.6 Å². The number of ether oxygens (including phenoxy) is 3. The summed E-state index contributed by atoms with van der Waals surface area (Å²) in [6.45, 7) is 11.5. The first-order valence-electron chi connectivity index (χ1n) is 8.16. The highest BCUT2D eigenvalue weighted by molar-refractivity contribution is 5.38. The largest absolute Gasteiger partial charge is 0.491 e. The smallest absolute Gasteiger partial charge is 0.123 e. The van der Waals surface area contributed by atoms with Gasteiger partial charge >= 0.3 is 0 Å². The van der Waals surface area contributed by atoms with Crippen LogP contribution in [0.5, 0.6) is 5.75 Å². The first-order valence-corrected chi connectivity index (χ1v) is 8.16. The van der Waals surface area contributed by atoms with Gasteiger partial charge < -0.3 is 19.5 Å². The Kier molecular flexibility index (Phi) is 9.13. The molecule has 1 aromatic carbocycles. The first-order chi connectivity index (χ1) is 10.6. The van der Waals surface area contributed by atoms with Gasteiger partial charge in [-0.15, -0.1) is 0 Å². The maximum atomic E-state index is 5.87. The Labute approximate surface area is 135 Å². The molecule has 1 rings (SSSR count). The van der Waals surface area contributed by atoms with E-state index in [1.54, 1.807) is 7.11 Å². The number of para-hydroxylation sites is 1. The molecule has 4 heteroatoms. The van der Waals surface area contributed by atoms with Crippen LogP contribution in [0.25, 0.3) is 0 Å². The lowest BCUT2D eigenvalue weighted by Crippen LogP contribution is -2.85. The third kappa shape index (κ3) is 7.78. The van der Waals surface area contributed by atoms with Crippen LogP contribution in [-0.2, 0) is 14.9 Å². The fourth-order valence-electron chi connectivity index (χ4n) is 2.21. The topological polar surface area (TPSA) is 44.3 Å². The molecule has 0 unspecified atom stereocenters. The van der Waals surface area contributed by atoms with E-state index in [0.717, 1.165) is 38.5 Å². The number of quaternary nitrogens is 1. The van der Waals surface area contributed by atoms with Crippen molar-refractivity contribution in [3.63, 3.8) is 0 Å². The van der Waals surface area contributed by atoms with Crippen LogP contribution in [0, 0.1) is 0 Å². The molecule has 0 heterocycles. The summed E-state index contributed by atoms with van der Waals surface area (Å²) in [5.74, 6) is 0.963. The van der Waals surface area contributed by atoms with E-state index in [4.69, 9.17) is 14.2 Å². The number of methoxy groups -OCH3 is 1. The molecule has 0 aliphatic rings. The molecule has 1 aromatic rings. The van der Waals surface area contributed by atoms with Crippen LogP contribution >= 0.6 is 0 Å². The average Bonchev–Trinajstić information content (AvgIpc) is 2.48. The van der Waals surface area contributed by atoms with E-state index >= 15 is 0 Å². The Morgan fingerprint density at radius 3 is 2.45 bits per heavy atom. The Morgan fingerprint density at radius 1 is 0.955 bits per heavy atom. The molecule has 0 aliphatic heterocycles. The normalized spacial score (nSPS) is 11.6. The van der Waals surface area contributed by atoms with Crippen LogP contribution in [0.15, 0.2) is 24.3 Å². The fourth-order valence-corrected chi connectivity index (χ4v) is 2.21. The summed E-state index contributed by atoms with van der Waals surface area (Å²) in [7, 11) is 1.74. The van der Waals surface area contributed by atoms with Crippen LogP contribution < -0.4 is 10.1 Å². The molecular weight excluding hydrogens is 278 g/mol. The highest BCUT2D eigenvalue weighted by Gasteiger charge is 2.18. The van der Waals surface area contributed by atoms with Gasteiger partial charge in [0.1, 0.15) is 12.4 Å². The van der Waals surface area contributed by atoms with Crippen molar-refractivity contribution < 1.29 is 19.5 Å². The fraction of sp³-hybridized carbons (Fsp3) is 0.667. The zero-order chi connectivity index (χ0) is 16.3. The Hall–Kier alpha value is -1.10. The van der Waals surface area contributed by atoms with Gasteiger partial charge in [-0.05, 0) is 17.0 Å². The molecular formula is C18H32NO3+. The van der Waals surface area contributed by atoms with Gasteiger partial charge in [-0.3, -0.25) is 0 Å². The van der Waals surface area contributed by atoms with E-state index in [9.17, 15) is 0 Å². The van der Waals surface area contributed by atoms with E-state index < -0.39 is 0 Å². The van der Waals surface area contributed by atoms with E-state index in [0.29, 0.717) is 13.2 Å². The number of rotatable bonds is 11. The highest BCUT2D eigenvalue weighted by Crippen LogP contribution is 2.30. The van der Waals surface area contributed by atoms with Crippen molar-refractivity contribution in [2.45, 2.75) is 32.6 Å².